The summed E-state index contributed by atoms with van der Waals surface area (Å²) in [6.45, 7) is 1.61. The fourth-order valence-corrected chi connectivity index (χ4v) is 5.84. The Morgan fingerprint density at radius 3 is 2.42 bits per heavy atom. The van der Waals surface area contributed by atoms with Crippen LogP contribution >= 0.6 is 0 Å². The molecule has 3 aromatic carbocycles. The first-order valence-corrected chi connectivity index (χ1v) is 13.2. The molecule has 0 saturated heterocycles. The number of hydrogen-bond donors (Lipinski definition) is 3. The molecular weight excluding hydrogens is 510 g/mol. The summed E-state index contributed by atoms with van der Waals surface area (Å²) in [4.78, 5) is 45.0. The van der Waals surface area contributed by atoms with Crippen molar-refractivity contribution in [1.29, 1.82) is 0 Å². The lowest BCUT2D eigenvalue weighted by molar-refractivity contribution is -0.384. The molecule has 0 saturated carbocycles. The summed E-state index contributed by atoms with van der Waals surface area (Å²) < 4.78 is 5.46. The van der Waals surface area contributed by atoms with Crippen LogP contribution in [0.25, 0.3) is 21.8 Å². The van der Waals surface area contributed by atoms with Crippen LogP contribution in [0.15, 0.2) is 60.7 Å². The van der Waals surface area contributed by atoms with Gasteiger partial charge < -0.3 is 24.9 Å². The van der Waals surface area contributed by atoms with Crippen LogP contribution in [0.3, 0.4) is 0 Å². The molecule has 0 fully saturated rings. The SMILES string of the molecule is O=C(OCCc1ccc([N+](=O)[O-])cc1)c1cc2c3c(ccc2[nH]1)N(C(=O)c1cc2c4c(ccc2[nH]1)NCC4)CC3. The Kier molecular flexibility index (Phi) is 5.55. The third-order valence-corrected chi connectivity index (χ3v) is 7.84. The third kappa shape index (κ3) is 3.96. The number of nitro benzene ring substituents is 1. The highest BCUT2D eigenvalue weighted by molar-refractivity contribution is 6.11. The van der Waals surface area contributed by atoms with E-state index >= 15 is 0 Å². The molecule has 200 valence electrons. The monoisotopic (exact) mass is 535 g/mol. The average Bonchev–Trinajstić information content (AvgIpc) is 3.75. The molecule has 40 heavy (non-hydrogen) atoms. The maximum absolute atomic E-state index is 13.6. The number of hydrogen-bond acceptors (Lipinski definition) is 6. The fourth-order valence-electron chi connectivity index (χ4n) is 5.84. The van der Waals surface area contributed by atoms with Gasteiger partial charge in [0.15, 0.2) is 0 Å². The van der Waals surface area contributed by atoms with E-state index in [1.165, 1.54) is 17.7 Å². The lowest BCUT2D eigenvalue weighted by Crippen LogP contribution is -2.29. The maximum atomic E-state index is 13.6. The number of H-pyrrole nitrogens is 2. The first kappa shape index (κ1) is 24.0. The van der Waals surface area contributed by atoms with Crippen molar-refractivity contribution in [3.05, 3.63) is 98.9 Å². The topological polar surface area (TPSA) is 133 Å². The van der Waals surface area contributed by atoms with Crippen LogP contribution < -0.4 is 10.2 Å². The molecule has 3 N–H and O–H groups in total. The number of rotatable bonds is 6. The minimum atomic E-state index is -0.474. The molecule has 0 aliphatic carbocycles. The lowest BCUT2D eigenvalue weighted by Gasteiger charge is -2.16. The zero-order chi connectivity index (χ0) is 27.4. The Labute approximate surface area is 228 Å². The predicted molar refractivity (Wildman–Crippen MR) is 151 cm³/mol. The number of benzene rings is 3. The molecule has 2 aliphatic heterocycles. The molecule has 2 aromatic heterocycles. The molecule has 1 amide bonds. The molecule has 0 radical (unpaired) electrons. The summed E-state index contributed by atoms with van der Waals surface area (Å²) in [6, 6.07) is 17.8. The lowest BCUT2D eigenvalue weighted by atomic mass is 10.1. The number of nitrogens with zero attached hydrogens (tertiary/aromatic N) is 2. The van der Waals surface area contributed by atoms with Crippen molar-refractivity contribution >= 4 is 50.7 Å². The van der Waals surface area contributed by atoms with E-state index in [0.717, 1.165) is 57.3 Å². The average molecular weight is 536 g/mol. The second-order valence-electron chi connectivity index (χ2n) is 10.1. The minimum Gasteiger partial charge on any atom is -0.461 e. The summed E-state index contributed by atoms with van der Waals surface area (Å²) in [6.07, 6.45) is 2.08. The molecule has 0 atom stereocenters. The number of nitrogens with one attached hydrogen (secondary N) is 3. The van der Waals surface area contributed by atoms with Crippen LogP contribution in [0.2, 0.25) is 0 Å². The molecule has 10 heteroatoms. The zero-order valence-corrected chi connectivity index (χ0v) is 21.5. The van der Waals surface area contributed by atoms with Crippen LogP contribution in [0.5, 0.6) is 0 Å². The van der Waals surface area contributed by atoms with Gasteiger partial charge in [-0.3, -0.25) is 14.9 Å². The Bertz CT molecular complexity index is 1840. The summed E-state index contributed by atoms with van der Waals surface area (Å²) >= 11 is 0. The van der Waals surface area contributed by atoms with Crippen molar-refractivity contribution in [3.63, 3.8) is 0 Å². The van der Waals surface area contributed by atoms with Gasteiger partial charge >= 0.3 is 5.97 Å². The van der Waals surface area contributed by atoms with Gasteiger partial charge in [0, 0.05) is 64.8 Å². The van der Waals surface area contributed by atoms with E-state index in [2.05, 4.69) is 21.4 Å². The first-order valence-electron chi connectivity index (χ1n) is 13.2. The molecular formula is C30H25N5O5. The van der Waals surface area contributed by atoms with Crippen LogP contribution in [-0.4, -0.2) is 46.5 Å². The number of anilines is 2. The molecule has 7 rings (SSSR count). The second-order valence-corrected chi connectivity index (χ2v) is 10.1. The van der Waals surface area contributed by atoms with Gasteiger partial charge in [-0.05, 0) is 65.9 Å². The number of ether oxygens (including phenoxy) is 1. The number of carbonyl (C=O) groups is 2. The number of amides is 1. The summed E-state index contributed by atoms with van der Waals surface area (Å²) in [7, 11) is 0. The standard InChI is InChI=1S/C30H25N5O5/c36-29(26-15-21-19-9-12-31-23(19)5-6-24(21)32-26)34-13-10-20-22-16-27(33-25(22)7-8-28(20)34)30(37)40-14-11-17-1-3-18(4-2-17)35(38)39/h1-8,15-16,31-33H,9-14H2. The predicted octanol–water partition coefficient (Wildman–Crippen LogP) is 5.13. The molecule has 0 bridgehead atoms. The normalized spacial score (nSPS) is 13.8. The number of aromatic nitrogens is 2. The Morgan fingerprint density at radius 1 is 0.900 bits per heavy atom. The van der Waals surface area contributed by atoms with Gasteiger partial charge in [-0.1, -0.05) is 12.1 Å². The van der Waals surface area contributed by atoms with Crippen molar-refractivity contribution in [3.8, 4) is 0 Å². The van der Waals surface area contributed by atoms with E-state index in [1.54, 1.807) is 23.1 Å². The van der Waals surface area contributed by atoms with Gasteiger partial charge in [0.2, 0.25) is 0 Å². The summed E-state index contributed by atoms with van der Waals surface area (Å²) in [5.74, 6) is -0.548. The van der Waals surface area contributed by atoms with E-state index in [1.807, 2.05) is 24.3 Å². The molecule has 4 heterocycles. The second kappa shape index (κ2) is 9.26. The molecule has 0 spiro atoms. The van der Waals surface area contributed by atoms with E-state index in [0.29, 0.717) is 30.8 Å². The van der Waals surface area contributed by atoms with Crippen LogP contribution in [0.4, 0.5) is 17.1 Å². The Balaban J connectivity index is 1.08. The highest BCUT2D eigenvalue weighted by atomic mass is 16.6. The number of nitro groups is 1. The van der Waals surface area contributed by atoms with Gasteiger partial charge in [0.05, 0.1) is 11.5 Å². The smallest absolute Gasteiger partial charge is 0.354 e. The largest absolute Gasteiger partial charge is 0.461 e. The molecule has 10 nitrogen and oxygen atoms in total. The van der Waals surface area contributed by atoms with Gasteiger partial charge in [-0.15, -0.1) is 0 Å². The number of aromatic amines is 2. The third-order valence-electron chi connectivity index (χ3n) is 7.84. The summed E-state index contributed by atoms with van der Waals surface area (Å²) in [5, 5.41) is 16.2. The van der Waals surface area contributed by atoms with Crippen molar-refractivity contribution in [2.75, 3.05) is 29.9 Å². The Morgan fingerprint density at radius 2 is 1.62 bits per heavy atom. The van der Waals surface area contributed by atoms with Crippen LogP contribution in [0.1, 0.15) is 37.7 Å². The fraction of sp³-hybridized carbons (Fsp3) is 0.200. The van der Waals surface area contributed by atoms with Crippen molar-refractivity contribution in [2.24, 2.45) is 0 Å². The molecule has 0 unspecified atom stereocenters. The van der Waals surface area contributed by atoms with E-state index in [9.17, 15) is 19.7 Å². The maximum Gasteiger partial charge on any atom is 0.354 e. The molecule has 2 aliphatic rings. The highest BCUT2D eigenvalue weighted by Crippen LogP contribution is 2.37. The molecule has 5 aromatic rings. The van der Waals surface area contributed by atoms with Gasteiger partial charge in [-0.2, -0.15) is 0 Å². The van der Waals surface area contributed by atoms with Gasteiger partial charge in [0.25, 0.3) is 11.6 Å². The van der Waals surface area contributed by atoms with E-state index in [-0.39, 0.29) is 18.2 Å². The number of fused-ring (bicyclic) bond motifs is 6. The number of non-ortho nitro benzene ring substituents is 1. The van der Waals surface area contributed by atoms with Crippen LogP contribution in [-0.2, 0) is 24.0 Å². The van der Waals surface area contributed by atoms with Crippen molar-refractivity contribution < 1.29 is 19.2 Å². The number of carbonyl (C=O) groups excluding carboxylic acids is 2. The highest BCUT2D eigenvalue weighted by Gasteiger charge is 2.29. The van der Waals surface area contributed by atoms with E-state index in [4.69, 9.17) is 4.74 Å². The zero-order valence-electron chi connectivity index (χ0n) is 21.5. The van der Waals surface area contributed by atoms with E-state index < -0.39 is 10.9 Å². The summed E-state index contributed by atoms with van der Waals surface area (Å²) in [5.41, 5.74) is 7.79. The van der Waals surface area contributed by atoms with Gasteiger partial charge in [-0.25, -0.2) is 4.79 Å². The number of esters is 1. The van der Waals surface area contributed by atoms with Gasteiger partial charge in [0.1, 0.15) is 11.4 Å². The van der Waals surface area contributed by atoms with Crippen molar-refractivity contribution in [1.82, 2.24) is 9.97 Å². The quantitative estimate of drug-likeness (QED) is 0.157. The minimum absolute atomic E-state index is 0.0219. The Hall–Kier alpha value is -5.12. The first-order chi connectivity index (χ1) is 19.5. The van der Waals surface area contributed by atoms with Crippen LogP contribution in [0, 0.1) is 10.1 Å². The van der Waals surface area contributed by atoms with Crippen molar-refractivity contribution in [2.45, 2.75) is 19.3 Å².